The fourth-order valence-electron chi connectivity index (χ4n) is 2.14. The summed E-state index contributed by atoms with van der Waals surface area (Å²) in [6.07, 6.45) is -0.509. The molecule has 2 N–H and O–H groups in total. The van der Waals surface area contributed by atoms with Crippen molar-refractivity contribution in [2.75, 3.05) is 23.3 Å². The third-order valence-electron chi connectivity index (χ3n) is 3.09. The number of aliphatic hydroxyl groups is 1. The molecule has 116 valence electrons. The zero-order valence-corrected chi connectivity index (χ0v) is 14.5. The second kappa shape index (κ2) is 8.14. The van der Waals surface area contributed by atoms with Gasteiger partial charge in [-0.05, 0) is 53.8 Å². The number of nitrogens with zero attached hydrogens (tertiary/aromatic N) is 1. The molecule has 0 saturated carbocycles. The second-order valence-electron chi connectivity index (χ2n) is 5.09. The van der Waals surface area contributed by atoms with Crippen LogP contribution in [0.15, 0.2) is 54.6 Å². The van der Waals surface area contributed by atoms with Gasteiger partial charge in [-0.1, -0.05) is 30.3 Å². The van der Waals surface area contributed by atoms with Gasteiger partial charge in [-0.25, -0.2) is 0 Å². The third-order valence-corrected chi connectivity index (χ3v) is 4.03. The largest absolute Gasteiger partial charge is 0.392 e. The van der Waals surface area contributed by atoms with Gasteiger partial charge in [-0.2, -0.15) is 0 Å². The molecule has 0 saturated heterocycles. The molecule has 0 bridgehead atoms. The van der Waals surface area contributed by atoms with Crippen molar-refractivity contribution in [3.8, 4) is 0 Å². The summed E-state index contributed by atoms with van der Waals surface area (Å²) in [4.78, 5) is 14.2. The number of anilines is 2. The lowest BCUT2D eigenvalue weighted by molar-refractivity contribution is -0.115. The van der Waals surface area contributed by atoms with Crippen LogP contribution in [0.2, 0.25) is 0 Å². The molecule has 1 atom stereocenters. The molecule has 2 aromatic carbocycles. The van der Waals surface area contributed by atoms with Crippen LogP contribution in [0.3, 0.4) is 0 Å². The Morgan fingerprint density at radius 3 is 2.45 bits per heavy atom. The first-order valence-electron chi connectivity index (χ1n) is 7.08. The van der Waals surface area contributed by atoms with Gasteiger partial charge in [0.25, 0.3) is 0 Å². The third kappa shape index (κ3) is 4.99. The minimum atomic E-state index is -0.509. The quantitative estimate of drug-likeness (QED) is 0.720. The van der Waals surface area contributed by atoms with E-state index in [0.29, 0.717) is 6.54 Å². The van der Waals surface area contributed by atoms with Crippen molar-refractivity contribution in [2.24, 2.45) is 0 Å². The van der Waals surface area contributed by atoms with Gasteiger partial charge < -0.3 is 15.3 Å². The van der Waals surface area contributed by atoms with E-state index < -0.39 is 6.10 Å². The number of aliphatic hydroxyl groups excluding tert-OH is 1. The maximum Gasteiger partial charge on any atom is 0.243 e. The molecule has 4 nitrogen and oxygen atoms in total. The molecule has 0 aliphatic rings. The van der Waals surface area contributed by atoms with E-state index in [1.54, 1.807) is 6.92 Å². The van der Waals surface area contributed by atoms with Crippen LogP contribution >= 0.6 is 22.6 Å². The molecule has 0 radical (unpaired) electrons. The Morgan fingerprint density at radius 1 is 1.18 bits per heavy atom. The van der Waals surface area contributed by atoms with Crippen LogP contribution in [0, 0.1) is 3.57 Å². The normalized spacial score (nSPS) is 11.8. The highest BCUT2D eigenvalue weighted by atomic mass is 127. The number of rotatable bonds is 6. The van der Waals surface area contributed by atoms with Crippen LogP contribution in [-0.4, -0.2) is 30.2 Å². The van der Waals surface area contributed by atoms with Crippen molar-refractivity contribution in [1.82, 2.24) is 0 Å². The zero-order chi connectivity index (χ0) is 15.9. The minimum Gasteiger partial charge on any atom is -0.392 e. The van der Waals surface area contributed by atoms with E-state index in [4.69, 9.17) is 0 Å². The lowest BCUT2D eigenvalue weighted by atomic mass is 10.2. The fourth-order valence-corrected chi connectivity index (χ4v) is 2.67. The Balaban J connectivity index is 2.07. The van der Waals surface area contributed by atoms with Crippen molar-refractivity contribution in [3.05, 3.63) is 58.2 Å². The zero-order valence-electron chi connectivity index (χ0n) is 12.4. The van der Waals surface area contributed by atoms with Gasteiger partial charge in [0.15, 0.2) is 0 Å². The summed E-state index contributed by atoms with van der Waals surface area (Å²) in [7, 11) is 0. The number of amides is 1. The Kier molecular flexibility index (Phi) is 6.21. The molecule has 0 aliphatic carbocycles. The Bertz CT molecular complexity index is 617. The summed E-state index contributed by atoms with van der Waals surface area (Å²) in [5.41, 5.74) is 1.72. The molecule has 0 aromatic heterocycles. The standard InChI is InChI=1S/C17H19IN2O2/c1-13(21)11-20(14-7-3-2-4-8-14)12-17(22)19-16-10-6-5-9-15(16)18/h2-10,13,21H,11-12H2,1H3,(H,19,22). The molecule has 0 spiro atoms. The number of para-hydroxylation sites is 2. The smallest absolute Gasteiger partial charge is 0.243 e. The van der Waals surface area contributed by atoms with E-state index in [2.05, 4.69) is 27.9 Å². The van der Waals surface area contributed by atoms with Crippen LogP contribution in [0.5, 0.6) is 0 Å². The number of hydrogen-bond acceptors (Lipinski definition) is 3. The monoisotopic (exact) mass is 410 g/mol. The number of carbonyl (C=O) groups excluding carboxylic acids is 1. The van der Waals surface area contributed by atoms with Gasteiger partial charge >= 0.3 is 0 Å². The van der Waals surface area contributed by atoms with Gasteiger partial charge in [0, 0.05) is 15.8 Å². The first kappa shape index (κ1) is 16.8. The lowest BCUT2D eigenvalue weighted by Crippen LogP contribution is -2.37. The molecule has 5 heteroatoms. The molecular weight excluding hydrogens is 391 g/mol. The maximum absolute atomic E-state index is 12.3. The van der Waals surface area contributed by atoms with E-state index in [9.17, 15) is 9.90 Å². The average Bonchev–Trinajstić information content (AvgIpc) is 2.49. The van der Waals surface area contributed by atoms with Crippen molar-refractivity contribution < 1.29 is 9.90 Å². The SMILES string of the molecule is CC(O)CN(CC(=O)Nc1ccccc1I)c1ccccc1. The molecule has 0 fully saturated rings. The highest BCUT2D eigenvalue weighted by molar-refractivity contribution is 14.1. The highest BCUT2D eigenvalue weighted by Gasteiger charge is 2.14. The van der Waals surface area contributed by atoms with Gasteiger partial charge in [0.2, 0.25) is 5.91 Å². The van der Waals surface area contributed by atoms with Gasteiger partial charge in [-0.15, -0.1) is 0 Å². The summed E-state index contributed by atoms with van der Waals surface area (Å²) in [5, 5.41) is 12.6. The van der Waals surface area contributed by atoms with Crippen molar-refractivity contribution in [1.29, 1.82) is 0 Å². The maximum atomic E-state index is 12.3. The molecular formula is C17H19IN2O2. The van der Waals surface area contributed by atoms with Crippen LogP contribution in [-0.2, 0) is 4.79 Å². The minimum absolute atomic E-state index is 0.103. The molecule has 2 rings (SSSR count). The molecule has 0 heterocycles. The van der Waals surface area contributed by atoms with Crippen LogP contribution in [0.25, 0.3) is 0 Å². The Hall–Kier alpha value is -1.60. The number of nitrogens with one attached hydrogen (secondary N) is 1. The molecule has 1 unspecified atom stereocenters. The first-order chi connectivity index (χ1) is 10.6. The lowest BCUT2D eigenvalue weighted by Gasteiger charge is -2.25. The van der Waals surface area contributed by atoms with Gasteiger partial charge in [0.1, 0.15) is 0 Å². The van der Waals surface area contributed by atoms with E-state index in [0.717, 1.165) is 14.9 Å². The van der Waals surface area contributed by atoms with E-state index in [1.807, 2.05) is 59.5 Å². The average molecular weight is 410 g/mol. The van der Waals surface area contributed by atoms with Crippen LogP contribution in [0.4, 0.5) is 11.4 Å². The number of hydrogen-bond donors (Lipinski definition) is 2. The van der Waals surface area contributed by atoms with E-state index in [-0.39, 0.29) is 12.5 Å². The van der Waals surface area contributed by atoms with Gasteiger partial charge in [0.05, 0.1) is 18.3 Å². The topological polar surface area (TPSA) is 52.6 Å². The van der Waals surface area contributed by atoms with Crippen molar-refractivity contribution >= 4 is 39.9 Å². The second-order valence-corrected chi connectivity index (χ2v) is 6.26. The predicted molar refractivity (Wildman–Crippen MR) is 98.1 cm³/mol. The predicted octanol–water partition coefficient (Wildman–Crippen LogP) is 3.12. The fraction of sp³-hybridized carbons (Fsp3) is 0.235. The van der Waals surface area contributed by atoms with Crippen molar-refractivity contribution in [2.45, 2.75) is 13.0 Å². The van der Waals surface area contributed by atoms with Crippen LogP contribution < -0.4 is 10.2 Å². The van der Waals surface area contributed by atoms with Gasteiger partial charge in [-0.3, -0.25) is 4.79 Å². The highest BCUT2D eigenvalue weighted by Crippen LogP contribution is 2.18. The number of carbonyl (C=O) groups is 1. The van der Waals surface area contributed by atoms with Crippen molar-refractivity contribution in [3.63, 3.8) is 0 Å². The van der Waals surface area contributed by atoms with Crippen LogP contribution in [0.1, 0.15) is 6.92 Å². The molecule has 22 heavy (non-hydrogen) atoms. The van der Waals surface area contributed by atoms with E-state index >= 15 is 0 Å². The molecule has 0 aliphatic heterocycles. The first-order valence-corrected chi connectivity index (χ1v) is 8.16. The summed E-state index contributed by atoms with van der Waals surface area (Å²) in [6, 6.07) is 17.3. The molecule has 1 amide bonds. The summed E-state index contributed by atoms with van der Waals surface area (Å²) in [6.45, 7) is 2.32. The Morgan fingerprint density at radius 2 is 1.82 bits per heavy atom. The summed E-state index contributed by atoms with van der Waals surface area (Å²) < 4.78 is 0.996. The Labute approximate surface area is 144 Å². The number of benzene rings is 2. The summed E-state index contributed by atoms with van der Waals surface area (Å²) in [5.74, 6) is -0.103. The number of halogens is 1. The summed E-state index contributed by atoms with van der Waals surface area (Å²) >= 11 is 2.19. The molecule has 2 aromatic rings. The van der Waals surface area contributed by atoms with E-state index in [1.165, 1.54) is 0 Å².